The Morgan fingerprint density at radius 3 is 2.25 bits per heavy atom. The van der Waals surface area contributed by atoms with Crippen LogP contribution in [-0.2, 0) is 6.18 Å². The van der Waals surface area contributed by atoms with E-state index in [4.69, 9.17) is 5.73 Å². The third kappa shape index (κ3) is 3.66. The molecule has 1 unspecified atom stereocenters. The van der Waals surface area contributed by atoms with E-state index in [2.05, 4.69) is 4.98 Å². The van der Waals surface area contributed by atoms with Crippen molar-refractivity contribution in [1.82, 2.24) is 4.98 Å². The molecule has 2 aromatic rings. The third-order valence-corrected chi connectivity index (χ3v) is 3.88. The number of thioether (sulfide) groups is 1. The summed E-state index contributed by atoms with van der Waals surface area (Å²) in [7, 11) is 0. The maximum absolute atomic E-state index is 12.4. The summed E-state index contributed by atoms with van der Waals surface area (Å²) in [6.45, 7) is 1.97. The van der Waals surface area contributed by atoms with Crippen LogP contribution >= 0.6 is 11.8 Å². The second-order valence-corrected chi connectivity index (χ2v) is 5.67. The monoisotopic (exact) mass is 298 g/mol. The lowest BCUT2D eigenvalue weighted by Gasteiger charge is -2.12. The van der Waals surface area contributed by atoms with E-state index < -0.39 is 11.7 Å². The first-order chi connectivity index (χ1) is 9.36. The molecule has 0 bridgehead atoms. The fourth-order valence-electron chi connectivity index (χ4n) is 1.63. The van der Waals surface area contributed by atoms with Crippen molar-refractivity contribution >= 4 is 17.4 Å². The molecule has 0 fully saturated rings. The van der Waals surface area contributed by atoms with E-state index in [-0.39, 0.29) is 5.25 Å². The number of hydrogen-bond donors (Lipinski definition) is 1. The van der Waals surface area contributed by atoms with Crippen LogP contribution in [0, 0.1) is 0 Å². The largest absolute Gasteiger partial charge is 0.417 e. The van der Waals surface area contributed by atoms with E-state index >= 15 is 0 Å². The highest BCUT2D eigenvalue weighted by Crippen LogP contribution is 2.35. The maximum atomic E-state index is 12.4. The standard InChI is InChI=1S/C14H13F3N2S/c1-9(10-2-5-12(18)6-3-10)20-13-7-4-11(8-19-13)14(15,16)17/h2-9H,18H2,1H3. The van der Waals surface area contributed by atoms with Crippen molar-refractivity contribution in [2.75, 3.05) is 5.73 Å². The summed E-state index contributed by atoms with van der Waals surface area (Å²) < 4.78 is 37.3. The molecule has 0 saturated carbocycles. The Morgan fingerprint density at radius 1 is 1.10 bits per heavy atom. The van der Waals surface area contributed by atoms with Gasteiger partial charge >= 0.3 is 6.18 Å². The minimum Gasteiger partial charge on any atom is -0.399 e. The number of nitrogens with two attached hydrogens (primary N) is 1. The summed E-state index contributed by atoms with van der Waals surface area (Å²) in [4.78, 5) is 3.85. The summed E-state index contributed by atoms with van der Waals surface area (Å²) in [6.07, 6.45) is -3.49. The number of benzene rings is 1. The van der Waals surface area contributed by atoms with Crippen molar-refractivity contribution < 1.29 is 13.2 Å². The van der Waals surface area contributed by atoms with Gasteiger partial charge in [0.25, 0.3) is 0 Å². The Bertz CT molecular complexity index is 564. The van der Waals surface area contributed by atoms with Crippen molar-refractivity contribution in [2.24, 2.45) is 0 Å². The molecular weight excluding hydrogens is 285 g/mol. The molecule has 1 heterocycles. The average molecular weight is 298 g/mol. The van der Waals surface area contributed by atoms with E-state index in [1.54, 1.807) is 12.1 Å². The fraction of sp³-hybridized carbons (Fsp3) is 0.214. The molecule has 106 valence electrons. The minimum atomic E-state index is -4.35. The molecule has 2 rings (SSSR count). The maximum Gasteiger partial charge on any atom is 0.417 e. The van der Waals surface area contributed by atoms with Crippen LogP contribution in [0.15, 0.2) is 47.6 Å². The van der Waals surface area contributed by atoms with Gasteiger partial charge < -0.3 is 5.73 Å². The van der Waals surface area contributed by atoms with Gasteiger partial charge in [-0.25, -0.2) is 4.98 Å². The lowest BCUT2D eigenvalue weighted by Crippen LogP contribution is -2.05. The van der Waals surface area contributed by atoms with Crippen LogP contribution in [-0.4, -0.2) is 4.98 Å². The lowest BCUT2D eigenvalue weighted by atomic mass is 10.1. The van der Waals surface area contributed by atoms with Gasteiger partial charge in [-0.05, 0) is 36.8 Å². The Balaban J connectivity index is 2.08. The highest BCUT2D eigenvalue weighted by molar-refractivity contribution is 7.99. The van der Waals surface area contributed by atoms with Crippen LogP contribution in [0.3, 0.4) is 0 Å². The first-order valence-electron chi connectivity index (χ1n) is 5.91. The molecule has 2 nitrogen and oxygen atoms in total. The number of hydrogen-bond acceptors (Lipinski definition) is 3. The van der Waals surface area contributed by atoms with Crippen LogP contribution < -0.4 is 5.73 Å². The number of aromatic nitrogens is 1. The highest BCUT2D eigenvalue weighted by Gasteiger charge is 2.30. The summed E-state index contributed by atoms with van der Waals surface area (Å²) in [6, 6.07) is 9.83. The molecule has 0 aliphatic rings. The number of pyridine rings is 1. The molecule has 0 amide bonds. The Kier molecular flexibility index (Phi) is 4.23. The minimum absolute atomic E-state index is 0.0832. The van der Waals surface area contributed by atoms with Crippen LogP contribution in [0.1, 0.15) is 23.3 Å². The molecule has 1 aromatic carbocycles. The molecule has 0 spiro atoms. The van der Waals surface area contributed by atoms with Crippen LogP contribution in [0.25, 0.3) is 0 Å². The molecule has 2 N–H and O–H groups in total. The molecule has 6 heteroatoms. The first-order valence-corrected chi connectivity index (χ1v) is 6.79. The molecule has 0 aliphatic carbocycles. The zero-order valence-electron chi connectivity index (χ0n) is 10.7. The summed E-state index contributed by atoms with van der Waals surface area (Å²) in [5.41, 5.74) is 6.60. The Labute approximate surface area is 119 Å². The third-order valence-electron chi connectivity index (χ3n) is 2.77. The summed E-state index contributed by atoms with van der Waals surface area (Å²) >= 11 is 1.40. The summed E-state index contributed by atoms with van der Waals surface area (Å²) in [5.74, 6) is 0. The van der Waals surface area contributed by atoms with Crippen LogP contribution in [0.4, 0.5) is 18.9 Å². The zero-order chi connectivity index (χ0) is 14.8. The van der Waals surface area contributed by atoms with Crippen molar-refractivity contribution in [3.8, 4) is 0 Å². The lowest BCUT2D eigenvalue weighted by molar-refractivity contribution is -0.137. The van der Waals surface area contributed by atoms with E-state index in [9.17, 15) is 13.2 Å². The van der Waals surface area contributed by atoms with E-state index in [1.807, 2.05) is 19.1 Å². The van der Waals surface area contributed by atoms with Gasteiger partial charge in [0.05, 0.1) is 10.6 Å². The topological polar surface area (TPSA) is 38.9 Å². The van der Waals surface area contributed by atoms with Crippen molar-refractivity contribution in [3.05, 3.63) is 53.7 Å². The van der Waals surface area contributed by atoms with Gasteiger partial charge in [-0.3, -0.25) is 0 Å². The second-order valence-electron chi connectivity index (χ2n) is 4.31. The van der Waals surface area contributed by atoms with Crippen LogP contribution in [0.5, 0.6) is 0 Å². The number of nitrogens with zero attached hydrogens (tertiary/aromatic N) is 1. The number of alkyl halides is 3. The first kappa shape index (κ1) is 14.7. The average Bonchev–Trinajstić information content (AvgIpc) is 2.39. The SMILES string of the molecule is CC(Sc1ccc(C(F)(F)F)cn1)c1ccc(N)cc1. The van der Waals surface area contributed by atoms with E-state index in [0.29, 0.717) is 10.7 Å². The highest BCUT2D eigenvalue weighted by atomic mass is 32.2. The van der Waals surface area contributed by atoms with Gasteiger partial charge in [-0.2, -0.15) is 13.2 Å². The number of anilines is 1. The van der Waals surface area contributed by atoms with Gasteiger partial charge in [-0.15, -0.1) is 0 Å². The second kappa shape index (κ2) is 5.75. The van der Waals surface area contributed by atoms with Crippen molar-refractivity contribution in [2.45, 2.75) is 23.4 Å². The van der Waals surface area contributed by atoms with Crippen molar-refractivity contribution in [1.29, 1.82) is 0 Å². The predicted octanol–water partition coefficient (Wildman–Crippen LogP) is 4.54. The van der Waals surface area contributed by atoms with Gasteiger partial charge in [0, 0.05) is 17.1 Å². The number of nitrogen functional groups attached to an aromatic ring is 1. The zero-order valence-corrected chi connectivity index (χ0v) is 11.5. The van der Waals surface area contributed by atoms with Gasteiger partial charge in [0.2, 0.25) is 0 Å². The van der Waals surface area contributed by atoms with E-state index in [0.717, 1.165) is 17.8 Å². The van der Waals surface area contributed by atoms with E-state index in [1.165, 1.54) is 17.8 Å². The molecule has 20 heavy (non-hydrogen) atoms. The quantitative estimate of drug-likeness (QED) is 0.668. The number of rotatable bonds is 3. The predicted molar refractivity (Wildman–Crippen MR) is 74.4 cm³/mol. The van der Waals surface area contributed by atoms with Gasteiger partial charge in [0.15, 0.2) is 0 Å². The molecule has 1 atom stereocenters. The Morgan fingerprint density at radius 2 is 1.75 bits per heavy atom. The van der Waals surface area contributed by atoms with Crippen molar-refractivity contribution in [3.63, 3.8) is 0 Å². The molecule has 0 radical (unpaired) electrons. The smallest absolute Gasteiger partial charge is 0.399 e. The normalized spacial score (nSPS) is 13.2. The molecule has 1 aromatic heterocycles. The van der Waals surface area contributed by atoms with Gasteiger partial charge in [-0.1, -0.05) is 23.9 Å². The Hall–Kier alpha value is -1.69. The summed E-state index contributed by atoms with van der Waals surface area (Å²) in [5, 5.41) is 0.641. The fourth-order valence-corrected chi connectivity index (χ4v) is 2.55. The molecule has 0 aliphatic heterocycles. The molecular formula is C14H13F3N2S. The van der Waals surface area contributed by atoms with Crippen LogP contribution in [0.2, 0.25) is 0 Å². The molecule has 0 saturated heterocycles. The van der Waals surface area contributed by atoms with Gasteiger partial charge in [0.1, 0.15) is 0 Å². The number of halogens is 3.